The number of nitrogens with one attached hydrogen (secondary N) is 4. The van der Waals surface area contributed by atoms with Crippen LogP contribution in [0.1, 0.15) is 130 Å². The molecule has 1 rings (SSSR count). The number of unbranched alkanes of at least 4 members (excludes halogenated alkanes) is 13. The number of nitrogens with two attached hydrogens (primary N) is 1. The Morgan fingerprint density at radius 1 is 0.836 bits per heavy atom. The highest BCUT2D eigenvalue weighted by Gasteiger charge is 2.48. The molecule has 318 valence electrons. The standard InChI is InChI=1S/C38H69N5O12/c1-6-7-8-9-10-11-12-13-14-15-16-17-18-19-22-53-38-32(42-27(4)45)34(33(48)29(24-44)55-38)54-26(3)37(51)41-25(2)36(50)43-28(35(39)49)20-21-30(46)40-23-31(47)52-5/h25-26,28-29,32-34,38,44,48H,6-24H2,1-5H3,(H2,39,49)(H,40,46)(H,41,51)(H,42,45)(H,43,50)/t25-,26+,28?,29+,32+,33+,34+,38+/m0/s1. The predicted molar refractivity (Wildman–Crippen MR) is 203 cm³/mol. The number of rotatable bonds is 30. The molecule has 0 radical (unpaired) electrons. The van der Waals surface area contributed by atoms with E-state index < -0.39 is 90.9 Å². The number of primary amides is 1. The van der Waals surface area contributed by atoms with Crippen molar-refractivity contribution in [1.82, 2.24) is 21.3 Å². The van der Waals surface area contributed by atoms with Crippen LogP contribution < -0.4 is 27.0 Å². The Bertz CT molecular complexity index is 1160. The van der Waals surface area contributed by atoms with Gasteiger partial charge in [-0.15, -0.1) is 0 Å². The maximum Gasteiger partial charge on any atom is 0.325 e. The summed E-state index contributed by atoms with van der Waals surface area (Å²) in [7, 11) is 1.16. The summed E-state index contributed by atoms with van der Waals surface area (Å²) < 4.78 is 22.2. The second-order valence-electron chi connectivity index (χ2n) is 14.2. The first-order chi connectivity index (χ1) is 26.2. The molecule has 17 heteroatoms. The van der Waals surface area contributed by atoms with Crippen LogP contribution in [0.2, 0.25) is 0 Å². The lowest BCUT2D eigenvalue weighted by molar-refractivity contribution is -0.280. The largest absolute Gasteiger partial charge is 0.468 e. The van der Waals surface area contributed by atoms with Crippen LogP contribution in [0.4, 0.5) is 0 Å². The average molecular weight is 788 g/mol. The molecule has 8 atom stereocenters. The topological polar surface area (TPSA) is 254 Å². The maximum absolute atomic E-state index is 13.1. The Morgan fingerprint density at radius 2 is 1.40 bits per heavy atom. The monoisotopic (exact) mass is 787 g/mol. The molecule has 0 spiro atoms. The molecule has 1 saturated heterocycles. The number of carbonyl (C=O) groups excluding carboxylic acids is 6. The first-order valence-electron chi connectivity index (χ1n) is 20.0. The van der Waals surface area contributed by atoms with Gasteiger partial charge in [-0.2, -0.15) is 0 Å². The van der Waals surface area contributed by atoms with Crippen LogP contribution in [0.5, 0.6) is 0 Å². The van der Waals surface area contributed by atoms with Gasteiger partial charge < -0.3 is 56.2 Å². The second-order valence-corrected chi connectivity index (χ2v) is 14.2. The number of ether oxygens (including phenoxy) is 4. The zero-order valence-electron chi connectivity index (χ0n) is 33.6. The molecule has 5 amide bonds. The molecule has 0 aromatic rings. The van der Waals surface area contributed by atoms with E-state index in [4.69, 9.17) is 19.9 Å². The van der Waals surface area contributed by atoms with E-state index in [9.17, 15) is 39.0 Å². The van der Waals surface area contributed by atoms with Crippen molar-refractivity contribution in [2.75, 3.05) is 26.9 Å². The number of esters is 1. The van der Waals surface area contributed by atoms with Crippen molar-refractivity contribution in [3.63, 3.8) is 0 Å². The van der Waals surface area contributed by atoms with Crippen LogP contribution >= 0.6 is 0 Å². The summed E-state index contributed by atoms with van der Waals surface area (Å²) in [6.07, 6.45) is 10.2. The number of hydrogen-bond donors (Lipinski definition) is 7. The van der Waals surface area contributed by atoms with Crippen molar-refractivity contribution in [1.29, 1.82) is 0 Å². The number of carbonyl (C=O) groups is 6. The van der Waals surface area contributed by atoms with E-state index in [1.165, 1.54) is 85.0 Å². The molecular weight excluding hydrogens is 718 g/mol. The third-order valence-corrected chi connectivity index (χ3v) is 9.46. The van der Waals surface area contributed by atoms with Gasteiger partial charge in [0.25, 0.3) is 0 Å². The van der Waals surface area contributed by atoms with Crippen LogP contribution in [0.25, 0.3) is 0 Å². The van der Waals surface area contributed by atoms with E-state index >= 15 is 0 Å². The molecular formula is C38H69N5O12. The average Bonchev–Trinajstić information content (AvgIpc) is 3.15. The second kappa shape index (κ2) is 28.9. The molecule has 0 aromatic heterocycles. The van der Waals surface area contributed by atoms with E-state index in [0.717, 1.165) is 32.8 Å². The minimum atomic E-state index is -1.46. The summed E-state index contributed by atoms with van der Waals surface area (Å²) in [5.41, 5.74) is 5.40. The lowest BCUT2D eigenvalue weighted by atomic mass is 9.96. The molecule has 1 aliphatic heterocycles. The number of hydrogen-bond acceptors (Lipinski definition) is 12. The Kier molecular flexibility index (Phi) is 26.1. The van der Waals surface area contributed by atoms with Crippen molar-refractivity contribution in [3.05, 3.63) is 0 Å². The fourth-order valence-corrected chi connectivity index (χ4v) is 6.14. The van der Waals surface area contributed by atoms with Crippen LogP contribution in [0, 0.1) is 0 Å². The molecule has 1 unspecified atom stereocenters. The first kappa shape index (κ1) is 49.6. The Balaban J connectivity index is 2.65. The van der Waals surface area contributed by atoms with Crippen LogP contribution in [-0.4, -0.2) is 121 Å². The fourth-order valence-electron chi connectivity index (χ4n) is 6.14. The lowest BCUT2D eigenvalue weighted by Crippen LogP contribution is -2.66. The quantitative estimate of drug-likeness (QED) is 0.0403. The van der Waals surface area contributed by atoms with Gasteiger partial charge in [0.2, 0.25) is 29.5 Å². The molecule has 17 nitrogen and oxygen atoms in total. The number of methoxy groups -OCH3 is 1. The highest BCUT2D eigenvalue weighted by Crippen LogP contribution is 2.26. The highest BCUT2D eigenvalue weighted by atomic mass is 16.7. The third-order valence-electron chi connectivity index (χ3n) is 9.46. The van der Waals surface area contributed by atoms with Gasteiger partial charge >= 0.3 is 5.97 Å². The van der Waals surface area contributed by atoms with Crippen molar-refractivity contribution < 1.29 is 57.9 Å². The summed E-state index contributed by atoms with van der Waals surface area (Å²) in [6, 6.07) is -3.48. The summed E-state index contributed by atoms with van der Waals surface area (Å²) in [6.45, 7) is 5.59. The van der Waals surface area contributed by atoms with Gasteiger partial charge in [-0.05, 0) is 26.7 Å². The SMILES string of the molecule is CCCCCCCCCCCCCCCCO[C@@H]1O[C@H](CO)[C@@H](O)[C@H](O[C@H](C)C(=O)N[C@@H](C)C(=O)NC(CCC(=O)NCC(=O)OC)C(N)=O)[C@H]1NC(C)=O. The van der Waals surface area contributed by atoms with E-state index in [1.807, 2.05) is 0 Å². The molecule has 1 heterocycles. The van der Waals surface area contributed by atoms with Crippen molar-refractivity contribution in [3.8, 4) is 0 Å². The zero-order chi connectivity index (χ0) is 41.2. The lowest BCUT2D eigenvalue weighted by Gasteiger charge is -2.44. The summed E-state index contributed by atoms with van der Waals surface area (Å²) in [5, 5.41) is 30.8. The van der Waals surface area contributed by atoms with Crippen LogP contribution in [0.3, 0.4) is 0 Å². The van der Waals surface area contributed by atoms with Gasteiger partial charge in [0.15, 0.2) is 6.29 Å². The highest BCUT2D eigenvalue weighted by molar-refractivity contribution is 5.92. The van der Waals surface area contributed by atoms with E-state index in [-0.39, 0.29) is 19.4 Å². The minimum absolute atomic E-state index is 0.172. The molecule has 1 aliphatic rings. The van der Waals surface area contributed by atoms with Gasteiger partial charge in [-0.25, -0.2) is 0 Å². The van der Waals surface area contributed by atoms with Gasteiger partial charge in [0.1, 0.15) is 49.1 Å². The molecule has 0 saturated carbocycles. The summed E-state index contributed by atoms with van der Waals surface area (Å²) in [4.78, 5) is 73.4. The predicted octanol–water partition coefficient (Wildman–Crippen LogP) is 1.39. The van der Waals surface area contributed by atoms with E-state index in [1.54, 1.807) is 0 Å². The molecule has 0 aromatic carbocycles. The van der Waals surface area contributed by atoms with Gasteiger partial charge in [0.05, 0.1) is 13.7 Å². The van der Waals surface area contributed by atoms with E-state index in [2.05, 4.69) is 32.9 Å². The van der Waals surface area contributed by atoms with Gasteiger partial charge in [-0.1, -0.05) is 90.4 Å². The van der Waals surface area contributed by atoms with Crippen molar-refractivity contribution >= 4 is 35.5 Å². The summed E-state index contributed by atoms with van der Waals surface area (Å²) >= 11 is 0. The first-order valence-corrected chi connectivity index (χ1v) is 20.0. The van der Waals surface area contributed by atoms with Crippen LogP contribution in [0.15, 0.2) is 0 Å². The third kappa shape index (κ3) is 20.9. The Hall–Kier alpha value is -3.38. The van der Waals surface area contributed by atoms with Crippen LogP contribution in [-0.2, 0) is 47.7 Å². The molecule has 1 fully saturated rings. The molecule has 8 N–H and O–H groups in total. The van der Waals surface area contributed by atoms with Crippen molar-refractivity contribution in [2.45, 2.75) is 179 Å². The Morgan fingerprint density at radius 3 is 1.91 bits per heavy atom. The number of aliphatic hydroxyl groups is 2. The number of amides is 5. The van der Waals surface area contributed by atoms with Gasteiger partial charge in [0, 0.05) is 20.0 Å². The van der Waals surface area contributed by atoms with E-state index in [0.29, 0.717) is 6.61 Å². The zero-order valence-corrected chi connectivity index (χ0v) is 33.6. The molecule has 0 aliphatic carbocycles. The Labute approximate surface area is 326 Å². The smallest absolute Gasteiger partial charge is 0.325 e. The summed E-state index contributed by atoms with van der Waals surface area (Å²) in [5.74, 6) is -4.16. The van der Waals surface area contributed by atoms with Gasteiger partial charge in [-0.3, -0.25) is 28.8 Å². The normalized spacial score (nSPS) is 21.1. The molecule has 55 heavy (non-hydrogen) atoms. The fraction of sp³-hybridized carbons (Fsp3) is 0.842. The van der Waals surface area contributed by atoms with Crippen molar-refractivity contribution in [2.24, 2.45) is 5.73 Å². The maximum atomic E-state index is 13.1. The number of aliphatic hydroxyl groups excluding tert-OH is 2. The molecule has 0 bridgehead atoms. The minimum Gasteiger partial charge on any atom is -0.468 e.